The second kappa shape index (κ2) is 6.50. The van der Waals surface area contributed by atoms with Crippen LogP contribution < -0.4 is 5.32 Å². The van der Waals surface area contributed by atoms with E-state index in [9.17, 15) is 18.0 Å². The molecule has 0 radical (unpaired) electrons. The summed E-state index contributed by atoms with van der Waals surface area (Å²) in [4.78, 5) is 26.7. The number of hydrogen-bond acceptors (Lipinski definition) is 4. The molecule has 0 atom stereocenters. The first-order valence-electron chi connectivity index (χ1n) is 10.0. The van der Waals surface area contributed by atoms with Crippen molar-refractivity contribution in [2.75, 3.05) is 25.9 Å². The average molecular weight is 383 g/mol. The zero-order valence-corrected chi connectivity index (χ0v) is 16.4. The van der Waals surface area contributed by atoms with Crippen molar-refractivity contribution < 1.29 is 18.0 Å². The van der Waals surface area contributed by atoms with Gasteiger partial charge in [-0.1, -0.05) is 0 Å². The summed E-state index contributed by atoms with van der Waals surface area (Å²) in [5.41, 5.74) is -0.150. The molecule has 6 nitrogen and oxygen atoms in total. The second-order valence-corrected chi connectivity index (χ2v) is 11.5. The number of likely N-dealkylation sites (tertiary alicyclic amines) is 1. The Bertz CT molecular complexity index is 659. The van der Waals surface area contributed by atoms with E-state index in [1.54, 1.807) is 0 Å². The lowest BCUT2D eigenvalue weighted by Crippen LogP contribution is -2.56. The van der Waals surface area contributed by atoms with Crippen molar-refractivity contribution in [3.05, 3.63) is 0 Å². The molecule has 1 heterocycles. The van der Waals surface area contributed by atoms with Crippen LogP contribution in [0.5, 0.6) is 0 Å². The van der Waals surface area contributed by atoms with Gasteiger partial charge in [0.15, 0.2) is 9.84 Å². The van der Waals surface area contributed by atoms with Crippen molar-refractivity contribution in [3.63, 3.8) is 0 Å². The smallest absolute Gasteiger partial charge is 0.234 e. The minimum absolute atomic E-state index is 0.150. The normalized spacial score (nSPS) is 37.0. The van der Waals surface area contributed by atoms with Crippen molar-refractivity contribution in [3.8, 4) is 0 Å². The molecule has 26 heavy (non-hydrogen) atoms. The molecule has 0 aromatic carbocycles. The number of nitrogens with one attached hydrogen (secondary N) is 1. The second-order valence-electron chi connectivity index (χ2n) is 9.17. The van der Waals surface area contributed by atoms with E-state index in [-0.39, 0.29) is 5.41 Å². The Hall–Kier alpha value is -1.11. The molecule has 1 saturated heterocycles. The van der Waals surface area contributed by atoms with Crippen LogP contribution in [0.4, 0.5) is 0 Å². The maximum absolute atomic E-state index is 13.3. The highest BCUT2D eigenvalue weighted by Gasteiger charge is 2.55. The van der Waals surface area contributed by atoms with E-state index in [4.69, 9.17) is 0 Å². The van der Waals surface area contributed by atoms with Gasteiger partial charge in [0.1, 0.15) is 5.75 Å². The molecular formula is C19H30N2O4S. The van der Waals surface area contributed by atoms with Crippen molar-refractivity contribution in [2.45, 2.75) is 56.6 Å². The van der Waals surface area contributed by atoms with Crippen molar-refractivity contribution in [2.24, 2.45) is 23.2 Å². The van der Waals surface area contributed by atoms with Crippen LogP contribution in [0.15, 0.2) is 0 Å². The van der Waals surface area contributed by atoms with Gasteiger partial charge in [0, 0.05) is 20.1 Å². The molecule has 4 aliphatic carbocycles. The summed E-state index contributed by atoms with van der Waals surface area (Å²) in [6.07, 6.45) is 7.99. The molecule has 2 amide bonds. The number of hydrogen-bond donors (Lipinski definition) is 1. The highest BCUT2D eigenvalue weighted by Crippen LogP contribution is 2.60. The summed E-state index contributed by atoms with van der Waals surface area (Å²) in [5.74, 6) is 1.58. The van der Waals surface area contributed by atoms with Crippen LogP contribution in [0.1, 0.15) is 51.4 Å². The fraction of sp³-hybridized carbons (Fsp3) is 0.895. The van der Waals surface area contributed by atoms with E-state index >= 15 is 0 Å². The first-order chi connectivity index (χ1) is 12.3. The molecule has 4 bridgehead atoms. The molecule has 4 saturated carbocycles. The third-order valence-corrected chi connectivity index (χ3v) is 9.49. The van der Waals surface area contributed by atoms with Crippen molar-refractivity contribution in [1.82, 2.24) is 10.2 Å². The van der Waals surface area contributed by atoms with Crippen LogP contribution in [0.2, 0.25) is 0 Å². The molecular weight excluding hydrogens is 352 g/mol. The topological polar surface area (TPSA) is 83.6 Å². The van der Waals surface area contributed by atoms with Crippen LogP contribution in [-0.2, 0) is 19.4 Å². The molecule has 5 aliphatic rings. The van der Waals surface area contributed by atoms with Gasteiger partial charge < -0.3 is 10.2 Å². The molecule has 0 unspecified atom stereocenters. The van der Waals surface area contributed by atoms with E-state index in [0.717, 1.165) is 37.0 Å². The first kappa shape index (κ1) is 18.3. The fourth-order valence-electron chi connectivity index (χ4n) is 6.50. The van der Waals surface area contributed by atoms with E-state index < -0.39 is 26.7 Å². The average Bonchev–Trinajstić information content (AvgIpc) is 2.59. The minimum atomic E-state index is -3.44. The molecule has 5 rings (SSSR count). The number of piperidine rings is 1. The third-order valence-electron chi connectivity index (χ3n) is 7.34. The number of rotatable bonds is 4. The number of amides is 2. The van der Waals surface area contributed by atoms with E-state index in [1.165, 1.54) is 26.3 Å². The maximum Gasteiger partial charge on any atom is 0.234 e. The molecule has 5 fully saturated rings. The molecule has 0 spiro atoms. The van der Waals surface area contributed by atoms with Gasteiger partial charge >= 0.3 is 0 Å². The largest absolute Gasteiger partial charge is 0.358 e. The lowest BCUT2D eigenvalue weighted by atomic mass is 9.49. The predicted octanol–water partition coefficient (Wildman–Crippen LogP) is 1.35. The Balaban J connectivity index is 1.39. The highest BCUT2D eigenvalue weighted by atomic mass is 32.2. The van der Waals surface area contributed by atoms with Crippen molar-refractivity contribution >= 4 is 21.7 Å². The van der Waals surface area contributed by atoms with Gasteiger partial charge in [0.2, 0.25) is 11.8 Å². The zero-order valence-electron chi connectivity index (χ0n) is 15.6. The molecule has 1 N–H and O–H groups in total. The molecule has 0 aromatic rings. The molecule has 7 heteroatoms. The van der Waals surface area contributed by atoms with Crippen LogP contribution in [0.3, 0.4) is 0 Å². The summed E-state index contributed by atoms with van der Waals surface area (Å²) in [7, 11) is -1.99. The zero-order chi connectivity index (χ0) is 18.5. The van der Waals surface area contributed by atoms with Gasteiger partial charge in [-0.15, -0.1) is 0 Å². The summed E-state index contributed by atoms with van der Waals surface area (Å²) >= 11 is 0. The van der Waals surface area contributed by atoms with Crippen LogP contribution in [-0.4, -0.2) is 56.3 Å². The van der Waals surface area contributed by atoms with E-state index in [0.29, 0.717) is 31.8 Å². The van der Waals surface area contributed by atoms with E-state index in [1.807, 2.05) is 4.90 Å². The number of carbonyl (C=O) groups excluding carboxylic acids is 2. The SMILES string of the molecule is CNC(=O)CS(=O)(=O)C1CCN(C(=O)C23CC4CC(CC(C4)C2)C3)CC1. The van der Waals surface area contributed by atoms with Gasteiger partial charge in [-0.3, -0.25) is 9.59 Å². The van der Waals surface area contributed by atoms with Crippen LogP contribution in [0, 0.1) is 23.2 Å². The third kappa shape index (κ3) is 3.16. The fourth-order valence-corrected chi connectivity index (χ4v) is 8.17. The van der Waals surface area contributed by atoms with Gasteiger partial charge in [-0.05, 0) is 69.1 Å². The lowest BCUT2D eigenvalue weighted by molar-refractivity contribution is -0.158. The molecule has 0 aromatic heterocycles. The number of carbonyl (C=O) groups is 2. The van der Waals surface area contributed by atoms with Gasteiger partial charge in [-0.25, -0.2) is 8.42 Å². The number of sulfone groups is 1. The number of nitrogens with zero attached hydrogens (tertiary/aromatic N) is 1. The van der Waals surface area contributed by atoms with Crippen molar-refractivity contribution in [1.29, 1.82) is 0 Å². The van der Waals surface area contributed by atoms with Gasteiger partial charge in [0.05, 0.1) is 10.7 Å². The molecule has 146 valence electrons. The summed E-state index contributed by atoms with van der Waals surface area (Å²) in [6, 6.07) is 0. The molecule has 1 aliphatic heterocycles. The van der Waals surface area contributed by atoms with Crippen LogP contribution >= 0.6 is 0 Å². The van der Waals surface area contributed by atoms with Crippen LogP contribution in [0.25, 0.3) is 0 Å². The summed E-state index contributed by atoms with van der Waals surface area (Å²) in [5, 5.41) is 1.88. The van der Waals surface area contributed by atoms with Gasteiger partial charge in [0.25, 0.3) is 0 Å². The minimum Gasteiger partial charge on any atom is -0.358 e. The lowest BCUT2D eigenvalue weighted by Gasteiger charge is -2.57. The summed E-state index contributed by atoms with van der Waals surface area (Å²) in [6.45, 7) is 1.02. The summed E-state index contributed by atoms with van der Waals surface area (Å²) < 4.78 is 24.8. The maximum atomic E-state index is 13.3. The monoisotopic (exact) mass is 382 g/mol. The highest BCUT2D eigenvalue weighted by molar-refractivity contribution is 7.92. The Labute approximate surface area is 156 Å². The standard InChI is InChI=1S/C19H30N2O4S/c1-20-17(22)12-26(24,25)16-2-4-21(5-3-16)18(23)19-9-13-6-14(10-19)8-15(7-13)11-19/h13-16H,2-12H2,1H3,(H,20,22). The Kier molecular flexibility index (Phi) is 4.56. The van der Waals surface area contributed by atoms with E-state index in [2.05, 4.69) is 5.32 Å². The van der Waals surface area contributed by atoms with Gasteiger partial charge in [-0.2, -0.15) is 0 Å². The predicted molar refractivity (Wildman–Crippen MR) is 98.1 cm³/mol. The first-order valence-corrected chi connectivity index (χ1v) is 11.7. The quantitative estimate of drug-likeness (QED) is 0.796. The Morgan fingerprint density at radius 3 is 1.96 bits per heavy atom. The Morgan fingerprint density at radius 1 is 1.00 bits per heavy atom. The Morgan fingerprint density at radius 2 is 1.50 bits per heavy atom.